The lowest BCUT2D eigenvalue weighted by Crippen LogP contribution is -2.14. The monoisotopic (exact) mass is 331 g/mol. The van der Waals surface area contributed by atoms with Crippen LogP contribution in [0.2, 0.25) is 0 Å². The summed E-state index contributed by atoms with van der Waals surface area (Å²) >= 11 is 1.65. The first-order chi connectivity index (χ1) is 11.2. The van der Waals surface area contributed by atoms with E-state index in [-0.39, 0.29) is 6.10 Å². The Morgan fingerprint density at radius 2 is 1.61 bits per heavy atom. The fourth-order valence-corrected chi connectivity index (χ4v) is 1.74. The van der Waals surface area contributed by atoms with E-state index in [0.29, 0.717) is 0 Å². The van der Waals surface area contributed by atoms with Crippen LogP contribution in [0.25, 0.3) is 0 Å². The van der Waals surface area contributed by atoms with Gasteiger partial charge >= 0.3 is 0 Å². The Morgan fingerprint density at radius 1 is 1.04 bits per heavy atom. The smallest absolute Gasteiger partial charge is 0.0736 e. The number of aliphatic hydroxyl groups excluding tert-OH is 1. The summed E-state index contributed by atoms with van der Waals surface area (Å²) in [6.07, 6.45) is 8.03. The highest BCUT2D eigenvalue weighted by atomic mass is 32.2. The molecule has 2 N–H and O–H groups in total. The third kappa shape index (κ3) is 16.6. The average molecular weight is 332 g/mol. The van der Waals surface area contributed by atoms with Crippen LogP contribution >= 0.6 is 11.8 Å². The largest absolute Gasteiger partial charge is 0.389 e. The molecule has 1 aromatic carbocycles. The molecular weight excluding hydrogens is 302 g/mol. The second kappa shape index (κ2) is 16.8. The van der Waals surface area contributed by atoms with Crippen LogP contribution in [-0.2, 0) is 0 Å². The van der Waals surface area contributed by atoms with Crippen LogP contribution < -0.4 is 5.32 Å². The van der Waals surface area contributed by atoms with Crippen LogP contribution in [-0.4, -0.2) is 31.1 Å². The van der Waals surface area contributed by atoms with Gasteiger partial charge in [0.25, 0.3) is 0 Å². The van der Waals surface area contributed by atoms with E-state index in [4.69, 9.17) is 0 Å². The molecule has 3 heteroatoms. The molecule has 0 aliphatic carbocycles. The van der Waals surface area contributed by atoms with E-state index in [1.165, 1.54) is 5.56 Å². The van der Waals surface area contributed by atoms with Gasteiger partial charge in [0.15, 0.2) is 0 Å². The van der Waals surface area contributed by atoms with Crippen molar-refractivity contribution < 1.29 is 5.11 Å². The minimum absolute atomic E-state index is 0.330. The number of nitrogens with one attached hydrogen (secondary N) is 1. The van der Waals surface area contributed by atoms with Crippen LogP contribution in [0, 0.1) is 6.92 Å². The Balaban J connectivity index is 0.000000422. The van der Waals surface area contributed by atoms with Crippen LogP contribution in [0.4, 0.5) is 0 Å². The normalized spacial score (nSPS) is 11.7. The third-order valence-electron chi connectivity index (χ3n) is 2.73. The Hall–Kier alpha value is -1.55. The van der Waals surface area contributed by atoms with Gasteiger partial charge in [-0.2, -0.15) is 0 Å². The molecule has 0 saturated carbocycles. The molecule has 126 valence electrons. The van der Waals surface area contributed by atoms with E-state index in [1.807, 2.05) is 73.3 Å². The van der Waals surface area contributed by atoms with Crippen LogP contribution in [0.15, 0.2) is 78.2 Å². The van der Waals surface area contributed by atoms with Gasteiger partial charge in [-0.1, -0.05) is 78.4 Å². The zero-order valence-corrected chi connectivity index (χ0v) is 15.2. The summed E-state index contributed by atoms with van der Waals surface area (Å²) in [5.74, 6) is 0. The molecule has 0 unspecified atom stereocenters. The first-order valence-electron chi connectivity index (χ1n) is 7.74. The van der Waals surface area contributed by atoms with E-state index >= 15 is 0 Å². The SMILES string of the molecule is CNCC[C@H](O)/C=C/C=C\SC.Cc1ccccccccc1. The molecule has 0 aromatic heterocycles. The van der Waals surface area contributed by atoms with Crippen molar-refractivity contribution in [1.82, 2.24) is 5.32 Å². The summed E-state index contributed by atoms with van der Waals surface area (Å²) in [4.78, 5) is 0. The van der Waals surface area contributed by atoms with Gasteiger partial charge in [-0.05, 0) is 38.6 Å². The second-order valence-corrected chi connectivity index (χ2v) is 5.58. The van der Waals surface area contributed by atoms with Gasteiger partial charge in [0, 0.05) is 0 Å². The summed E-state index contributed by atoms with van der Waals surface area (Å²) in [5.41, 5.74) is 1.27. The van der Waals surface area contributed by atoms with Crippen LogP contribution in [0.1, 0.15) is 12.0 Å². The van der Waals surface area contributed by atoms with Gasteiger partial charge in [-0.3, -0.25) is 0 Å². The number of allylic oxidation sites excluding steroid dienone is 2. The molecule has 1 atom stereocenters. The molecule has 23 heavy (non-hydrogen) atoms. The fraction of sp³-hybridized carbons (Fsp3) is 0.300. The minimum Gasteiger partial charge on any atom is -0.389 e. The first kappa shape index (κ1) is 21.4. The summed E-state index contributed by atoms with van der Waals surface area (Å²) in [6.45, 7) is 2.93. The standard InChI is InChI=1S/C11H12.C9H17NOS/c1-11-9-7-5-3-2-4-6-8-10-11;1-10-7-6-9(11)5-3-4-8-12-2/h2-10H,1H3;3-5,8-11H,6-7H2,1-2H3/b;5-3+,8-4-/t;9-/m.1/s1. The van der Waals surface area contributed by atoms with Crippen molar-refractivity contribution in [2.24, 2.45) is 0 Å². The van der Waals surface area contributed by atoms with E-state index < -0.39 is 0 Å². The fourth-order valence-electron chi connectivity index (χ4n) is 1.50. The number of hydrogen-bond donors (Lipinski definition) is 2. The van der Waals surface area contributed by atoms with Crippen molar-refractivity contribution in [3.8, 4) is 0 Å². The predicted molar refractivity (Wildman–Crippen MR) is 105 cm³/mol. The topological polar surface area (TPSA) is 32.3 Å². The van der Waals surface area contributed by atoms with Crippen molar-refractivity contribution in [3.63, 3.8) is 0 Å². The summed E-state index contributed by atoms with van der Waals surface area (Å²) < 4.78 is 0. The maximum Gasteiger partial charge on any atom is 0.0736 e. The van der Waals surface area contributed by atoms with Crippen molar-refractivity contribution in [2.45, 2.75) is 19.4 Å². The molecule has 0 aliphatic rings. The highest BCUT2D eigenvalue weighted by Gasteiger charge is 1.94. The third-order valence-corrected chi connectivity index (χ3v) is 3.16. The van der Waals surface area contributed by atoms with E-state index in [2.05, 4.69) is 24.4 Å². The van der Waals surface area contributed by atoms with Gasteiger partial charge in [0.2, 0.25) is 0 Å². The predicted octanol–water partition coefficient (Wildman–Crippen LogP) is 4.51. The molecule has 0 fully saturated rings. The van der Waals surface area contributed by atoms with Gasteiger partial charge in [-0.25, -0.2) is 0 Å². The molecule has 0 saturated heterocycles. The number of aryl methyl sites for hydroxylation is 1. The highest BCUT2D eigenvalue weighted by molar-refractivity contribution is 8.01. The van der Waals surface area contributed by atoms with Crippen molar-refractivity contribution in [1.29, 1.82) is 0 Å². The lowest BCUT2D eigenvalue weighted by Gasteiger charge is -2.02. The summed E-state index contributed by atoms with van der Waals surface area (Å²) in [6, 6.07) is 18.3. The van der Waals surface area contributed by atoms with Gasteiger partial charge in [0.05, 0.1) is 6.10 Å². The minimum atomic E-state index is -0.330. The van der Waals surface area contributed by atoms with Crippen LogP contribution in [0.5, 0.6) is 0 Å². The molecule has 0 bridgehead atoms. The number of thioether (sulfide) groups is 1. The molecule has 0 radical (unpaired) electrons. The molecule has 0 aliphatic heterocycles. The van der Waals surface area contributed by atoms with Gasteiger partial charge in [-0.15, -0.1) is 11.8 Å². The number of hydrogen-bond acceptors (Lipinski definition) is 3. The molecule has 1 aromatic rings. The first-order valence-corrected chi connectivity index (χ1v) is 9.03. The maximum atomic E-state index is 9.31. The Labute approximate surface area is 145 Å². The van der Waals surface area contributed by atoms with Crippen molar-refractivity contribution in [3.05, 3.63) is 83.8 Å². The Bertz CT molecular complexity index is 474. The number of aliphatic hydroxyl groups is 1. The zero-order valence-electron chi connectivity index (χ0n) is 14.4. The number of rotatable bonds is 6. The molecule has 0 amide bonds. The average Bonchev–Trinajstić information content (AvgIpc) is 2.56. The molecule has 2 nitrogen and oxygen atoms in total. The quantitative estimate of drug-likeness (QED) is 0.752. The highest BCUT2D eigenvalue weighted by Crippen LogP contribution is 1.96. The van der Waals surface area contributed by atoms with Crippen LogP contribution in [0.3, 0.4) is 0 Å². The molecule has 0 spiro atoms. The lowest BCUT2D eigenvalue weighted by molar-refractivity contribution is 0.212. The zero-order chi connectivity index (χ0) is 17.2. The Morgan fingerprint density at radius 3 is 2.13 bits per heavy atom. The molecular formula is C20H29NOS. The summed E-state index contributed by atoms with van der Waals surface area (Å²) in [7, 11) is 1.88. The second-order valence-electron chi connectivity index (χ2n) is 4.83. The van der Waals surface area contributed by atoms with Gasteiger partial charge in [0.1, 0.15) is 0 Å². The van der Waals surface area contributed by atoms with E-state index in [1.54, 1.807) is 17.8 Å². The maximum absolute atomic E-state index is 9.31. The molecule has 0 heterocycles. The molecule has 1 rings (SSSR count). The lowest BCUT2D eigenvalue weighted by atomic mass is 10.2. The Kier molecular flexibility index (Phi) is 15.7. The van der Waals surface area contributed by atoms with E-state index in [0.717, 1.165) is 13.0 Å². The van der Waals surface area contributed by atoms with Crippen molar-refractivity contribution in [2.75, 3.05) is 19.8 Å². The van der Waals surface area contributed by atoms with Gasteiger partial charge < -0.3 is 10.4 Å². The summed E-state index contributed by atoms with van der Waals surface area (Å²) in [5, 5.41) is 14.3. The van der Waals surface area contributed by atoms with Crippen molar-refractivity contribution >= 4 is 11.8 Å². The van der Waals surface area contributed by atoms with E-state index in [9.17, 15) is 5.11 Å².